The van der Waals surface area contributed by atoms with Crippen molar-refractivity contribution in [1.82, 2.24) is 9.61 Å². The number of rotatable bonds is 3. The van der Waals surface area contributed by atoms with Crippen LogP contribution in [-0.4, -0.2) is 16.2 Å². The molecule has 0 aromatic carbocycles. The van der Waals surface area contributed by atoms with Gasteiger partial charge in [0.25, 0.3) is 5.92 Å². The molecule has 5 heteroatoms. The summed E-state index contributed by atoms with van der Waals surface area (Å²) < 4.78 is 28.6. The van der Waals surface area contributed by atoms with Gasteiger partial charge in [-0.15, -0.1) is 0 Å². The summed E-state index contributed by atoms with van der Waals surface area (Å²) in [5, 5.41) is 3.86. The van der Waals surface area contributed by atoms with E-state index in [4.69, 9.17) is 5.73 Å². The Hall–Kier alpha value is -1.49. The first-order valence-electron chi connectivity index (χ1n) is 4.66. The molecule has 2 aromatic rings. The van der Waals surface area contributed by atoms with E-state index in [2.05, 4.69) is 5.10 Å². The molecule has 0 fully saturated rings. The minimum atomic E-state index is -2.90. The molecule has 0 aliphatic carbocycles. The van der Waals surface area contributed by atoms with Crippen LogP contribution in [0, 0.1) is 0 Å². The van der Waals surface area contributed by atoms with Gasteiger partial charge in [0.05, 0.1) is 17.3 Å². The second kappa shape index (κ2) is 3.58. The third-order valence-electron chi connectivity index (χ3n) is 2.28. The van der Waals surface area contributed by atoms with Gasteiger partial charge >= 0.3 is 0 Å². The van der Waals surface area contributed by atoms with Crippen molar-refractivity contribution in [1.29, 1.82) is 0 Å². The predicted octanol–water partition coefficient (Wildman–Crippen LogP) is 1.77. The van der Waals surface area contributed by atoms with E-state index >= 15 is 0 Å². The van der Waals surface area contributed by atoms with Crippen molar-refractivity contribution in [3.63, 3.8) is 0 Å². The summed E-state index contributed by atoms with van der Waals surface area (Å²) in [5.41, 5.74) is 5.52. The summed E-state index contributed by atoms with van der Waals surface area (Å²) >= 11 is 0. The topological polar surface area (TPSA) is 43.3 Å². The van der Waals surface area contributed by atoms with Crippen molar-refractivity contribution in [3.05, 3.63) is 36.2 Å². The number of aromatic nitrogens is 2. The fourth-order valence-electron chi connectivity index (χ4n) is 1.53. The fourth-order valence-corrected chi connectivity index (χ4v) is 1.53. The largest absolute Gasteiger partial charge is 0.330 e. The highest BCUT2D eigenvalue weighted by atomic mass is 19.3. The van der Waals surface area contributed by atoms with Crippen LogP contribution in [0.25, 0.3) is 5.52 Å². The normalized spacial score (nSPS) is 12.2. The maximum absolute atomic E-state index is 13.6. The number of nitrogens with two attached hydrogens (primary N) is 1. The lowest BCUT2D eigenvalue weighted by atomic mass is 10.1. The zero-order valence-electron chi connectivity index (χ0n) is 8.03. The zero-order valence-corrected chi connectivity index (χ0v) is 8.03. The van der Waals surface area contributed by atoms with E-state index in [9.17, 15) is 8.78 Å². The van der Waals surface area contributed by atoms with Crippen LogP contribution in [-0.2, 0) is 5.92 Å². The number of nitrogens with zero attached hydrogens (tertiary/aromatic N) is 2. The van der Waals surface area contributed by atoms with Gasteiger partial charge in [0.1, 0.15) is 0 Å². The molecule has 0 aliphatic rings. The fraction of sp³-hybridized carbons (Fsp3) is 0.300. The number of alkyl halides is 2. The van der Waals surface area contributed by atoms with Crippen LogP contribution in [0.3, 0.4) is 0 Å². The van der Waals surface area contributed by atoms with Gasteiger partial charge in [0.15, 0.2) is 0 Å². The zero-order chi connectivity index (χ0) is 10.9. The highest BCUT2D eigenvalue weighted by molar-refractivity contribution is 5.55. The van der Waals surface area contributed by atoms with Gasteiger partial charge in [-0.2, -0.15) is 5.10 Å². The van der Waals surface area contributed by atoms with Crippen molar-refractivity contribution in [2.24, 2.45) is 5.73 Å². The molecule has 0 bridgehead atoms. The highest BCUT2D eigenvalue weighted by Gasteiger charge is 2.33. The van der Waals surface area contributed by atoms with Crippen LogP contribution >= 0.6 is 0 Å². The molecular formula is C10H11F2N3. The van der Waals surface area contributed by atoms with Gasteiger partial charge in [-0.05, 0) is 18.7 Å². The Labute approximate surface area is 85.5 Å². The summed E-state index contributed by atoms with van der Waals surface area (Å²) in [6.07, 6.45) is 2.48. The summed E-state index contributed by atoms with van der Waals surface area (Å²) in [6.45, 7) is -0.0445. The van der Waals surface area contributed by atoms with Crippen LogP contribution in [0.15, 0.2) is 30.6 Å². The van der Waals surface area contributed by atoms with E-state index in [1.165, 1.54) is 10.7 Å². The predicted molar refractivity (Wildman–Crippen MR) is 52.8 cm³/mol. The Morgan fingerprint density at radius 2 is 2.20 bits per heavy atom. The molecule has 2 heterocycles. The Morgan fingerprint density at radius 1 is 1.40 bits per heavy atom. The Kier molecular flexibility index (Phi) is 2.40. The maximum atomic E-state index is 13.6. The molecule has 0 atom stereocenters. The van der Waals surface area contributed by atoms with Crippen molar-refractivity contribution in [3.8, 4) is 0 Å². The average Bonchev–Trinajstić information content (AvgIpc) is 2.61. The Morgan fingerprint density at radius 3 is 2.93 bits per heavy atom. The Balaban J connectivity index is 2.52. The van der Waals surface area contributed by atoms with Gasteiger partial charge in [-0.1, -0.05) is 6.07 Å². The molecule has 2 rings (SSSR count). The summed E-state index contributed by atoms with van der Waals surface area (Å²) in [6, 6.07) is 5.07. The third kappa shape index (κ3) is 1.70. The number of hydrogen-bond acceptors (Lipinski definition) is 2. The number of pyridine rings is 1. The molecule has 0 aliphatic heterocycles. The minimum Gasteiger partial charge on any atom is -0.330 e. The Bertz CT molecular complexity index is 464. The smallest absolute Gasteiger partial charge is 0.278 e. The second-order valence-electron chi connectivity index (χ2n) is 3.33. The van der Waals surface area contributed by atoms with Gasteiger partial charge in [0, 0.05) is 12.6 Å². The van der Waals surface area contributed by atoms with Gasteiger partial charge in [-0.25, -0.2) is 13.3 Å². The number of halogens is 2. The van der Waals surface area contributed by atoms with E-state index in [0.29, 0.717) is 5.52 Å². The summed E-state index contributed by atoms with van der Waals surface area (Å²) in [4.78, 5) is 0. The van der Waals surface area contributed by atoms with E-state index in [0.717, 1.165) is 0 Å². The van der Waals surface area contributed by atoms with Crippen LogP contribution in [0.4, 0.5) is 8.78 Å². The molecule has 2 N–H and O–H groups in total. The first kappa shape index (κ1) is 10.0. The molecule has 0 saturated heterocycles. The van der Waals surface area contributed by atoms with E-state index in [-0.39, 0.29) is 18.5 Å². The molecule has 15 heavy (non-hydrogen) atoms. The second-order valence-corrected chi connectivity index (χ2v) is 3.33. The standard InChI is InChI=1S/C10H11F2N3/c11-10(12,4-5-13)8-7-14-15-6-2-1-3-9(8)15/h1-3,6-7H,4-5,13H2. The van der Waals surface area contributed by atoms with E-state index in [1.54, 1.807) is 24.4 Å². The maximum Gasteiger partial charge on any atom is 0.278 e. The highest BCUT2D eigenvalue weighted by Crippen LogP contribution is 2.33. The molecule has 3 nitrogen and oxygen atoms in total. The molecule has 0 radical (unpaired) electrons. The van der Waals surface area contributed by atoms with Crippen LogP contribution in [0.1, 0.15) is 12.0 Å². The lowest BCUT2D eigenvalue weighted by Crippen LogP contribution is -2.18. The average molecular weight is 211 g/mol. The lowest BCUT2D eigenvalue weighted by Gasteiger charge is -2.13. The molecule has 0 saturated carbocycles. The summed E-state index contributed by atoms with van der Waals surface area (Å²) in [7, 11) is 0. The molecule has 80 valence electrons. The lowest BCUT2D eigenvalue weighted by molar-refractivity contribution is -0.00920. The van der Waals surface area contributed by atoms with Gasteiger partial charge < -0.3 is 5.73 Å². The summed E-state index contributed by atoms with van der Waals surface area (Å²) in [5.74, 6) is -2.90. The molecule has 0 spiro atoms. The quantitative estimate of drug-likeness (QED) is 0.840. The monoisotopic (exact) mass is 211 g/mol. The first-order chi connectivity index (χ1) is 7.15. The van der Waals surface area contributed by atoms with E-state index in [1.807, 2.05) is 0 Å². The first-order valence-corrected chi connectivity index (χ1v) is 4.66. The third-order valence-corrected chi connectivity index (χ3v) is 2.28. The van der Waals surface area contributed by atoms with Crippen molar-refractivity contribution < 1.29 is 8.78 Å². The van der Waals surface area contributed by atoms with Crippen molar-refractivity contribution in [2.45, 2.75) is 12.3 Å². The van der Waals surface area contributed by atoms with Crippen LogP contribution < -0.4 is 5.73 Å². The number of fused-ring (bicyclic) bond motifs is 1. The minimum absolute atomic E-state index is 0.0445. The van der Waals surface area contributed by atoms with Crippen molar-refractivity contribution in [2.75, 3.05) is 6.54 Å². The van der Waals surface area contributed by atoms with Gasteiger partial charge in [0.2, 0.25) is 0 Å². The molecule has 2 aromatic heterocycles. The van der Waals surface area contributed by atoms with E-state index < -0.39 is 5.92 Å². The molecule has 0 unspecified atom stereocenters. The number of hydrogen-bond donors (Lipinski definition) is 1. The SMILES string of the molecule is NCCC(F)(F)c1cnn2ccccc12. The van der Waals surface area contributed by atoms with Gasteiger partial charge in [-0.3, -0.25) is 0 Å². The van der Waals surface area contributed by atoms with Crippen LogP contribution in [0.5, 0.6) is 0 Å². The van der Waals surface area contributed by atoms with Crippen molar-refractivity contribution >= 4 is 5.52 Å². The molecular weight excluding hydrogens is 200 g/mol. The van der Waals surface area contributed by atoms with Crippen LogP contribution in [0.2, 0.25) is 0 Å². The molecule has 0 amide bonds.